The molecule has 7 heteroatoms. The van der Waals surface area contributed by atoms with Crippen LogP contribution in [0.4, 0.5) is 0 Å². The second kappa shape index (κ2) is 14.9. The molecule has 0 saturated heterocycles. The van der Waals surface area contributed by atoms with E-state index in [9.17, 15) is 14.7 Å². The second-order valence-electron chi connectivity index (χ2n) is 8.84. The summed E-state index contributed by atoms with van der Waals surface area (Å²) in [4.78, 5) is 24.7. The zero-order chi connectivity index (χ0) is 23.6. The van der Waals surface area contributed by atoms with Crippen LogP contribution in [0.3, 0.4) is 0 Å². The fraction of sp³-hybridized carbons (Fsp3) is 0.481. The molecule has 4 nitrogen and oxygen atoms in total. The van der Waals surface area contributed by atoms with Crippen LogP contribution < -0.4 is 29.3 Å². The first-order valence-electron chi connectivity index (χ1n) is 11.8. The number of hydrogen-bond donors (Lipinski definition) is 1. The number of carboxylic acid groups (broad SMARTS) is 1. The van der Waals surface area contributed by atoms with Gasteiger partial charge in [0, 0.05) is 11.3 Å². The minimum Gasteiger partial charge on any atom is -0.548 e. The summed E-state index contributed by atoms with van der Waals surface area (Å²) in [7, 11) is 0. The molecule has 1 N–H and O–H groups in total. The molecule has 0 spiro atoms. The smallest absolute Gasteiger partial charge is 0.548 e. The van der Waals surface area contributed by atoms with Gasteiger partial charge >= 0.3 is 18.9 Å². The Morgan fingerprint density at radius 2 is 1.82 bits per heavy atom. The normalized spacial score (nSPS) is 14.8. The molecule has 0 aliphatic heterocycles. The quantitative estimate of drug-likeness (QED) is 0.488. The van der Waals surface area contributed by atoms with Crippen LogP contribution in [0, 0.1) is 12.8 Å². The first-order valence-corrected chi connectivity index (χ1v) is 14.3. The standard InChI is InChI=1S/C27H35NO3S2.Li/c1-19-8-6-7-11-22(19)24-16-21(18-33-17-20-9-4-3-5-10-20)12-13-23(24)26(29)28-25(27(30)31)14-15-32-2;/h6-8,11-13,16,20,25H,3-5,9-10,14-15,17-18H2,1-2H3,(H,28,29)(H,30,31);/q;+1/p-1/t25-;/m0./s1. The van der Waals surface area contributed by atoms with Crippen molar-refractivity contribution in [3.8, 4) is 11.1 Å². The first kappa shape index (κ1) is 28.9. The molecule has 0 radical (unpaired) electrons. The molecule has 0 aromatic heterocycles. The monoisotopic (exact) mass is 491 g/mol. The molecule has 0 heterocycles. The molecule has 2 aromatic rings. The van der Waals surface area contributed by atoms with Crippen molar-refractivity contribution in [3.05, 3.63) is 59.2 Å². The molecule has 178 valence electrons. The fourth-order valence-corrected chi connectivity index (χ4v) is 6.07. The number of hydrogen-bond acceptors (Lipinski definition) is 5. The minimum atomic E-state index is -1.24. The third-order valence-corrected chi connectivity index (χ3v) is 8.20. The number of amides is 1. The number of rotatable bonds is 11. The molecule has 1 amide bonds. The summed E-state index contributed by atoms with van der Waals surface area (Å²) in [5.74, 6) is 1.95. The molecule has 2 aromatic carbocycles. The number of carbonyl (C=O) groups excluding carboxylic acids is 2. The van der Waals surface area contributed by atoms with Gasteiger partial charge < -0.3 is 15.2 Å². The van der Waals surface area contributed by atoms with Crippen LogP contribution in [0.5, 0.6) is 0 Å². The van der Waals surface area contributed by atoms with Gasteiger partial charge in [-0.05, 0) is 84.3 Å². The first-order chi connectivity index (χ1) is 16.0. The molecule has 3 rings (SSSR count). The SMILES string of the molecule is CSCC[C@H](NC(=O)c1ccc(CSCC2CCCCC2)cc1-c1ccccc1C)C(=O)[O-].[Li+]. The van der Waals surface area contributed by atoms with Gasteiger partial charge in [-0.2, -0.15) is 23.5 Å². The Bertz CT molecular complexity index is 947. The van der Waals surface area contributed by atoms with Gasteiger partial charge in [0.1, 0.15) is 0 Å². The molecule has 1 atom stereocenters. The third kappa shape index (κ3) is 8.41. The summed E-state index contributed by atoms with van der Waals surface area (Å²) in [6.45, 7) is 2.03. The van der Waals surface area contributed by atoms with Crippen molar-refractivity contribution < 1.29 is 33.6 Å². The van der Waals surface area contributed by atoms with Crippen molar-refractivity contribution >= 4 is 35.4 Å². The largest absolute Gasteiger partial charge is 1.00 e. The van der Waals surface area contributed by atoms with Crippen LogP contribution >= 0.6 is 23.5 Å². The Morgan fingerprint density at radius 1 is 1.09 bits per heavy atom. The molecule has 0 unspecified atom stereocenters. The van der Waals surface area contributed by atoms with Crippen molar-refractivity contribution in [2.75, 3.05) is 17.8 Å². The minimum absolute atomic E-state index is 0. The van der Waals surface area contributed by atoms with Gasteiger partial charge in [-0.25, -0.2) is 0 Å². The van der Waals surface area contributed by atoms with Crippen molar-refractivity contribution in [1.82, 2.24) is 5.32 Å². The van der Waals surface area contributed by atoms with Gasteiger partial charge in [0.15, 0.2) is 0 Å². The van der Waals surface area contributed by atoms with Crippen molar-refractivity contribution in [3.63, 3.8) is 0 Å². The van der Waals surface area contributed by atoms with E-state index in [0.29, 0.717) is 17.7 Å². The average molecular weight is 492 g/mol. The van der Waals surface area contributed by atoms with Gasteiger partial charge in [-0.1, -0.05) is 49.6 Å². The summed E-state index contributed by atoms with van der Waals surface area (Å²) < 4.78 is 0. The number of carbonyl (C=O) groups is 2. The number of benzene rings is 2. The predicted molar refractivity (Wildman–Crippen MR) is 139 cm³/mol. The molecular weight excluding hydrogens is 457 g/mol. The fourth-order valence-electron chi connectivity index (χ4n) is 4.40. The van der Waals surface area contributed by atoms with Crippen LogP contribution in [-0.4, -0.2) is 35.7 Å². The summed E-state index contributed by atoms with van der Waals surface area (Å²) >= 11 is 3.52. The van der Waals surface area contributed by atoms with E-state index < -0.39 is 12.0 Å². The van der Waals surface area contributed by atoms with Crippen molar-refractivity contribution in [1.29, 1.82) is 0 Å². The van der Waals surface area contributed by atoms with E-state index in [4.69, 9.17) is 0 Å². The van der Waals surface area contributed by atoms with E-state index in [1.807, 2.05) is 61.3 Å². The van der Waals surface area contributed by atoms with Crippen LogP contribution in [0.2, 0.25) is 0 Å². The Morgan fingerprint density at radius 3 is 2.50 bits per heavy atom. The number of aryl methyl sites for hydroxylation is 1. The van der Waals surface area contributed by atoms with Crippen LogP contribution in [0.25, 0.3) is 11.1 Å². The van der Waals surface area contributed by atoms with Crippen LogP contribution in [0.1, 0.15) is 60.0 Å². The van der Waals surface area contributed by atoms with Crippen molar-refractivity contribution in [2.24, 2.45) is 5.92 Å². The Labute approximate surface area is 224 Å². The maximum atomic E-state index is 13.1. The number of aliphatic carboxylic acids is 1. The maximum Gasteiger partial charge on any atom is 1.00 e. The van der Waals surface area contributed by atoms with Crippen LogP contribution in [0.15, 0.2) is 42.5 Å². The van der Waals surface area contributed by atoms with Gasteiger partial charge in [-0.15, -0.1) is 0 Å². The molecule has 1 saturated carbocycles. The van der Waals surface area contributed by atoms with Gasteiger partial charge in [0.25, 0.3) is 5.91 Å². The molecule has 1 fully saturated rings. The van der Waals surface area contributed by atoms with Gasteiger partial charge in [0.2, 0.25) is 0 Å². The molecule has 1 aliphatic carbocycles. The zero-order valence-electron chi connectivity index (χ0n) is 20.6. The van der Waals surface area contributed by atoms with E-state index in [-0.39, 0.29) is 24.8 Å². The third-order valence-electron chi connectivity index (χ3n) is 6.31. The van der Waals surface area contributed by atoms with Crippen LogP contribution in [-0.2, 0) is 10.5 Å². The van der Waals surface area contributed by atoms with E-state index in [1.54, 1.807) is 11.8 Å². The Balaban J connectivity index is 0.00000408. The average Bonchev–Trinajstić information content (AvgIpc) is 2.82. The van der Waals surface area contributed by atoms with Gasteiger partial charge in [-0.3, -0.25) is 4.79 Å². The number of nitrogens with one attached hydrogen (secondary N) is 1. The topological polar surface area (TPSA) is 69.2 Å². The Hall–Kier alpha value is -1.32. The molecular formula is C27H34LiNO3S2. The van der Waals surface area contributed by atoms with E-state index in [0.717, 1.165) is 28.4 Å². The maximum absolute atomic E-state index is 13.1. The summed E-state index contributed by atoms with van der Waals surface area (Å²) in [6.07, 6.45) is 9.03. The Kier molecular flexibility index (Phi) is 12.7. The second-order valence-corrected chi connectivity index (χ2v) is 10.9. The van der Waals surface area contributed by atoms with Crippen molar-refractivity contribution in [2.45, 2.75) is 57.2 Å². The number of thioether (sulfide) groups is 2. The summed E-state index contributed by atoms with van der Waals surface area (Å²) in [5, 5.41) is 14.2. The predicted octanol–water partition coefficient (Wildman–Crippen LogP) is 2.08. The van der Waals surface area contributed by atoms with E-state index in [1.165, 1.54) is 43.4 Å². The van der Waals surface area contributed by atoms with E-state index in [2.05, 4.69) is 11.4 Å². The van der Waals surface area contributed by atoms with Gasteiger partial charge in [0.05, 0.1) is 12.0 Å². The molecule has 0 bridgehead atoms. The van der Waals surface area contributed by atoms with E-state index >= 15 is 0 Å². The molecule has 34 heavy (non-hydrogen) atoms. The molecule has 1 aliphatic rings. The number of carboxylic acids is 1. The zero-order valence-corrected chi connectivity index (χ0v) is 22.2. The summed E-state index contributed by atoms with van der Waals surface area (Å²) in [6, 6.07) is 12.9. The summed E-state index contributed by atoms with van der Waals surface area (Å²) in [5.41, 5.74) is 4.61.